The highest BCUT2D eigenvalue weighted by molar-refractivity contribution is 5.67. The second kappa shape index (κ2) is 5.32. The van der Waals surface area contributed by atoms with E-state index in [0.717, 1.165) is 26.1 Å². The Balaban J connectivity index is 2.48. The van der Waals surface area contributed by atoms with Crippen LogP contribution in [0.4, 0.5) is 0 Å². The second-order valence-corrected chi connectivity index (χ2v) is 4.06. The van der Waals surface area contributed by atoms with Crippen molar-refractivity contribution in [3.05, 3.63) is 0 Å². The van der Waals surface area contributed by atoms with Gasteiger partial charge in [0.1, 0.15) is 0 Å². The summed E-state index contributed by atoms with van der Waals surface area (Å²) in [4.78, 5) is 12.9. The average molecular weight is 200 g/mol. The molecule has 0 aromatic heterocycles. The van der Waals surface area contributed by atoms with Gasteiger partial charge in [-0.25, -0.2) is 0 Å². The summed E-state index contributed by atoms with van der Waals surface area (Å²) in [6.07, 6.45) is 1.34. The Morgan fingerprint density at radius 2 is 2.36 bits per heavy atom. The molecule has 2 atom stereocenters. The highest BCUT2D eigenvalue weighted by atomic mass is 16.4. The molecule has 14 heavy (non-hydrogen) atoms. The van der Waals surface area contributed by atoms with Crippen LogP contribution >= 0.6 is 0 Å². The van der Waals surface area contributed by atoms with E-state index in [1.165, 1.54) is 0 Å². The van der Waals surface area contributed by atoms with Crippen molar-refractivity contribution < 1.29 is 9.90 Å². The van der Waals surface area contributed by atoms with Gasteiger partial charge < -0.3 is 10.4 Å². The van der Waals surface area contributed by atoms with Crippen LogP contribution in [0.3, 0.4) is 0 Å². The monoisotopic (exact) mass is 200 g/mol. The summed E-state index contributed by atoms with van der Waals surface area (Å²) in [5.41, 5.74) is 0. The SMILES string of the molecule is CCCN1CC(C)NCC1CC(=O)O. The standard InChI is InChI=1S/C10H20N2O2/c1-3-4-12-7-8(2)11-6-9(12)5-10(13)14/h8-9,11H,3-7H2,1-2H3,(H,13,14). The Kier molecular flexibility index (Phi) is 4.35. The van der Waals surface area contributed by atoms with Crippen LogP contribution in [0.25, 0.3) is 0 Å². The van der Waals surface area contributed by atoms with Gasteiger partial charge in [-0.05, 0) is 19.9 Å². The lowest BCUT2D eigenvalue weighted by Gasteiger charge is -2.38. The first kappa shape index (κ1) is 11.5. The third-order valence-electron chi connectivity index (χ3n) is 2.65. The molecule has 0 amide bonds. The molecule has 1 aliphatic heterocycles. The molecule has 0 spiro atoms. The van der Waals surface area contributed by atoms with Crippen molar-refractivity contribution >= 4 is 5.97 Å². The zero-order valence-corrected chi connectivity index (χ0v) is 8.99. The smallest absolute Gasteiger partial charge is 0.304 e. The average Bonchev–Trinajstić information content (AvgIpc) is 2.09. The minimum absolute atomic E-state index is 0.170. The molecule has 1 rings (SSSR count). The Hall–Kier alpha value is -0.610. The van der Waals surface area contributed by atoms with Crippen LogP contribution in [0.15, 0.2) is 0 Å². The topological polar surface area (TPSA) is 52.6 Å². The van der Waals surface area contributed by atoms with Crippen molar-refractivity contribution in [2.45, 2.75) is 38.8 Å². The Labute approximate surface area is 85.3 Å². The lowest BCUT2D eigenvalue weighted by Crippen LogP contribution is -2.56. The molecule has 1 fully saturated rings. The first-order valence-electron chi connectivity index (χ1n) is 5.32. The van der Waals surface area contributed by atoms with E-state index in [9.17, 15) is 4.79 Å². The van der Waals surface area contributed by atoms with E-state index in [4.69, 9.17) is 5.11 Å². The van der Waals surface area contributed by atoms with Crippen molar-refractivity contribution in [2.75, 3.05) is 19.6 Å². The predicted octanol–water partition coefficient (Wildman–Crippen LogP) is 0.533. The highest BCUT2D eigenvalue weighted by Gasteiger charge is 2.26. The maximum Gasteiger partial charge on any atom is 0.304 e. The number of carboxylic acids is 1. The molecule has 2 unspecified atom stereocenters. The summed E-state index contributed by atoms with van der Waals surface area (Å²) in [5, 5.41) is 12.1. The van der Waals surface area contributed by atoms with Crippen LogP contribution in [-0.4, -0.2) is 47.7 Å². The van der Waals surface area contributed by atoms with Gasteiger partial charge in [-0.2, -0.15) is 0 Å². The summed E-state index contributed by atoms with van der Waals surface area (Å²) in [5.74, 6) is -0.701. The Morgan fingerprint density at radius 1 is 1.64 bits per heavy atom. The summed E-state index contributed by atoms with van der Waals surface area (Å²) in [6.45, 7) is 7.04. The van der Waals surface area contributed by atoms with Crippen molar-refractivity contribution in [1.29, 1.82) is 0 Å². The molecular weight excluding hydrogens is 180 g/mol. The second-order valence-electron chi connectivity index (χ2n) is 4.06. The number of hydrogen-bond donors (Lipinski definition) is 2. The lowest BCUT2D eigenvalue weighted by atomic mass is 10.1. The van der Waals surface area contributed by atoms with Crippen molar-refractivity contribution in [3.63, 3.8) is 0 Å². The van der Waals surface area contributed by atoms with E-state index in [0.29, 0.717) is 6.04 Å². The van der Waals surface area contributed by atoms with Gasteiger partial charge in [0.05, 0.1) is 6.42 Å². The maximum absolute atomic E-state index is 10.6. The largest absolute Gasteiger partial charge is 0.481 e. The van der Waals surface area contributed by atoms with E-state index < -0.39 is 5.97 Å². The zero-order valence-electron chi connectivity index (χ0n) is 8.99. The van der Waals surface area contributed by atoms with Crippen molar-refractivity contribution in [2.24, 2.45) is 0 Å². The fraction of sp³-hybridized carbons (Fsp3) is 0.900. The van der Waals surface area contributed by atoms with Crippen LogP contribution in [0.2, 0.25) is 0 Å². The van der Waals surface area contributed by atoms with Crippen LogP contribution in [-0.2, 0) is 4.79 Å². The zero-order chi connectivity index (χ0) is 10.6. The van der Waals surface area contributed by atoms with Crippen molar-refractivity contribution in [3.8, 4) is 0 Å². The number of piperazine rings is 1. The molecule has 2 N–H and O–H groups in total. The first-order chi connectivity index (χ1) is 6.63. The summed E-state index contributed by atoms with van der Waals surface area (Å²) < 4.78 is 0. The molecule has 1 heterocycles. The molecule has 0 radical (unpaired) electrons. The molecule has 1 aliphatic rings. The van der Waals surface area contributed by atoms with Gasteiger partial charge in [0, 0.05) is 25.2 Å². The molecule has 0 saturated carbocycles. The maximum atomic E-state index is 10.6. The summed E-state index contributed by atoms with van der Waals surface area (Å²) in [6, 6.07) is 0.648. The minimum Gasteiger partial charge on any atom is -0.481 e. The first-order valence-corrected chi connectivity index (χ1v) is 5.32. The van der Waals surface area contributed by atoms with Gasteiger partial charge in [0.2, 0.25) is 0 Å². The number of aliphatic carboxylic acids is 1. The van der Waals surface area contributed by atoms with Crippen LogP contribution in [0.5, 0.6) is 0 Å². The third-order valence-corrected chi connectivity index (χ3v) is 2.65. The summed E-state index contributed by atoms with van der Waals surface area (Å²) >= 11 is 0. The van der Waals surface area contributed by atoms with Gasteiger partial charge in [0.15, 0.2) is 0 Å². The van der Waals surface area contributed by atoms with Crippen LogP contribution in [0.1, 0.15) is 26.7 Å². The van der Waals surface area contributed by atoms with E-state index in [2.05, 4.69) is 24.1 Å². The highest BCUT2D eigenvalue weighted by Crippen LogP contribution is 2.10. The molecular formula is C10H20N2O2. The van der Waals surface area contributed by atoms with E-state index in [-0.39, 0.29) is 12.5 Å². The van der Waals surface area contributed by atoms with Gasteiger partial charge in [-0.3, -0.25) is 9.69 Å². The Bertz CT molecular complexity index is 197. The van der Waals surface area contributed by atoms with Crippen LogP contribution in [0, 0.1) is 0 Å². The fourth-order valence-corrected chi connectivity index (χ4v) is 2.00. The number of nitrogens with one attached hydrogen (secondary N) is 1. The minimum atomic E-state index is -0.701. The number of carbonyl (C=O) groups is 1. The van der Waals surface area contributed by atoms with Gasteiger partial charge in [0.25, 0.3) is 0 Å². The quantitative estimate of drug-likeness (QED) is 0.695. The number of rotatable bonds is 4. The van der Waals surface area contributed by atoms with Gasteiger partial charge >= 0.3 is 5.97 Å². The van der Waals surface area contributed by atoms with E-state index >= 15 is 0 Å². The molecule has 4 heteroatoms. The number of hydrogen-bond acceptors (Lipinski definition) is 3. The molecule has 4 nitrogen and oxygen atoms in total. The van der Waals surface area contributed by atoms with E-state index in [1.807, 2.05) is 0 Å². The van der Waals surface area contributed by atoms with Crippen molar-refractivity contribution in [1.82, 2.24) is 10.2 Å². The molecule has 82 valence electrons. The lowest BCUT2D eigenvalue weighted by molar-refractivity contribution is -0.138. The van der Waals surface area contributed by atoms with Gasteiger partial charge in [-0.1, -0.05) is 6.92 Å². The summed E-state index contributed by atoms with van der Waals surface area (Å²) in [7, 11) is 0. The Morgan fingerprint density at radius 3 is 2.93 bits per heavy atom. The molecule has 0 aliphatic carbocycles. The third kappa shape index (κ3) is 3.27. The normalized spacial score (nSPS) is 29.0. The molecule has 0 aromatic rings. The van der Waals surface area contributed by atoms with Gasteiger partial charge in [-0.15, -0.1) is 0 Å². The molecule has 0 aromatic carbocycles. The number of nitrogens with zero attached hydrogens (tertiary/aromatic N) is 1. The molecule has 1 saturated heterocycles. The molecule has 0 bridgehead atoms. The predicted molar refractivity (Wildman–Crippen MR) is 55.4 cm³/mol. The van der Waals surface area contributed by atoms with Crippen LogP contribution < -0.4 is 5.32 Å². The fourth-order valence-electron chi connectivity index (χ4n) is 2.00. The number of carboxylic acid groups (broad SMARTS) is 1. The van der Waals surface area contributed by atoms with E-state index in [1.54, 1.807) is 0 Å².